The Morgan fingerprint density at radius 3 is 2.82 bits per heavy atom. The van der Waals surface area contributed by atoms with Crippen molar-refractivity contribution >= 4 is 29.6 Å². The number of carboxylic acid groups (broad SMARTS) is 1. The topological polar surface area (TPSA) is 76.5 Å². The van der Waals surface area contributed by atoms with Crippen molar-refractivity contribution in [2.75, 3.05) is 7.11 Å². The highest BCUT2D eigenvalue weighted by atomic mass is 35.5. The van der Waals surface area contributed by atoms with Gasteiger partial charge in [-0.05, 0) is 11.6 Å². The molecule has 17 heavy (non-hydrogen) atoms. The van der Waals surface area contributed by atoms with Gasteiger partial charge >= 0.3 is 11.9 Å². The molecule has 1 aromatic heterocycles. The maximum absolute atomic E-state index is 10.8. The fourth-order valence-corrected chi connectivity index (χ4v) is 1.33. The van der Waals surface area contributed by atoms with Gasteiger partial charge in [0.2, 0.25) is 0 Å². The summed E-state index contributed by atoms with van der Waals surface area (Å²) in [7, 11) is 1.30. The van der Waals surface area contributed by atoms with E-state index in [1.807, 2.05) is 0 Å². The van der Waals surface area contributed by atoms with Crippen LogP contribution in [0.4, 0.5) is 0 Å². The minimum absolute atomic E-state index is 0.0534. The lowest BCUT2D eigenvalue weighted by atomic mass is 10.2. The van der Waals surface area contributed by atoms with Crippen LogP contribution in [0.15, 0.2) is 18.3 Å². The van der Waals surface area contributed by atoms with Crippen molar-refractivity contribution in [3.8, 4) is 0 Å². The molecule has 1 N–H and O–H groups in total. The average Bonchev–Trinajstić information content (AvgIpc) is 2.28. The SMILES string of the molecule is COC(=O)CC=Cc1cnc(C(=O)O)c(Cl)c1. The van der Waals surface area contributed by atoms with E-state index >= 15 is 0 Å². The number of hydrogen-bond donors (Lipinski definition) is 1. The van der Waals surface area contributed by atoms with E-state index in [-0.39, 0.29) is 23.1 Å². The second-order valence-electron chi connectivity index (χ2n) is 3.09. The number of halogens is 1. The number of rotatable bonds is 4. The molecule has 1 rings (SSSR count). The Kier molecular flexibility index (Phi) is 4.66. The lowest BCUT2D eigenvalue weighted by molar-refractivity contribution is -0.139. The van der Waals surface area contributed by atoms with Crippen LogP contribution < -0.4 is 0 Å². The first kappa shape index (κ1) is 13.2. The molecule has 0 amide bonds. The molecule has 0 aliphatic heterocycles. The second-order valence-corrected chi connectivity index (χ2v) is 3.49. The monoisotopic (exact) mass is 255 g/mol. The largest absolute Gasteiger partial charge is 0.476 e. The summed E-state index contributed by atoms with van der Waals surface area (Å²) in [5.74, 6) is -1.54. The number of methoxy groups -OCH3 is 1. The third-order valence-corrected chi connectivity index (χ3v) is 2.18. The molecule has 0 spiro atoms. The molecule has 0 unspecified atom stereocenters. The number of carboxylic acids is 1. The first-order valence-electron chi connectivity index (χ1n) is 4.66. The van der Waals surface area contributed by atoms with Crippen molar-refractivity contribution < 1.29 is 19.4 Å². The maximum atomic E-state index is 10.8. The number of nitrogens with zero attached hydrogens (tertiary/aromatic N) is 1. The Balaban J connectivity index is 2.77. The maximum Gasteiger partial charge on any atom is 0.356 e. The van der Waals surface area contributed by atoms with E-state index in [9.17, 15) is 9.59 Å². The van der Waals surface area contributed by atoms with E-state index < -0.39 is 5.97 Å². The second kappa shape index (κ2) is 6.00. The van der Waals surface area contributed by atoms with Gasteiger partial charge in [-0.15, -0.1) is 0 Å². The molecular formula is C11H10ClNO4. The summed E-state index contributed by atoms with van der Waals surface area (Å²) in [6.45, 7) is 0. The van der Waals surface area contributed by atoms with Crippen molar-refractivity contribution in [2.24, 2.45) is 0 Å². The Morgan fingerprint density at radius 2 is 2.29 bits per heavy atom. The highest BCUT2D eigenvalue weighted by Gasteiger charge is 2.09. The molecule has 0 aromatic carbocycles. The molecule has 90 valence electrons. The average molecular weight is 256 g/mol. The summed E-state index contributed by atoms with van der Waals surface area (Å²) in [4.78, 5) is 25.2. The number of hydrogen-bond acceptors (Lipinski definition) is 4. The van der Waals surface area contributed by atoms with Crippen LogP contribution in [0.1, 0.15) is 22.5 Å². The Morgan fingerprint density at radius 1 is 1.59 bits per heavy atom. The van der Waals surface area contributed by atoms with Crippen LogP contribution in [-0.4, -0.2) is 29.1 Å². The van der Waals surface area contributed by atoms with Gasteiger partial charge in [0.15, 0.2) is 5.69 Å². The lowest BCUT2D eigenvalue weighted by Crippen LogP contribution is -2.01. The highest BCUT2D eigenvalue weighted by molar-refractivity contribution is 6.33. The van der Waals surface area contributed by atoms with Crippen LogP contribution in [0.2, 0.25) is 5.02 Å². The van der Waals surface area contributed by atoms with Crippen molar-refractivity contribution in [3.05, 3.63) is 34.6 Å². The molecule has 0 bridgehead atoms. The van der Waals surface area contributed by atoms with Crippen molar-refractivity contribution in [1.29, 1.82) is 0 Å². The fourth-order valence-electron chi connectivity index (χ4n) is 1.08. The van der Waals surface area contributed by atoms with Gasteiger partial charge in [-0.25, -0.2) is 9.78 Å². The van der Waals surface area contributed by atoms with Crippen LogP contribution in [0.25, 0.3) is 6.08 Å². The summed E-state index contributed by atoms with van der Waals surface area (Å²) in [6, 6.07) is 1.46. The molecule has 0 radical (unpaired) electrons. The fraction of sp³-hybridized carbons (Fsp3) is 0.182. The standard InChI is InChI=1S/C11H10ClNO4/c1-17-9(14)4-2-3-7-5-8(12)10(11(15)16)13-6-7/h2-3,5-6H,4H2,1H3,(H,15,16). The Labute approximate surface area is 103 Å². The van der Waals surface area contributed by atoms with E-state index in [1.165, 1.54) is 19.4 Å². The summed E-state index contributed by atoms with van der Waals surface area (Å²) in [6.07, 6.45) is 4.69. The number of carbonyl (C=O) groups is 2. The van der Waals surface area contributed by atoms with Crippen LogP contribution in [-0.2, 0) is 9.53 Å². The Hall–Kier alpha value is -1.88. The molecule has 0 aliphatic carbocycles. The van der Waals surface area contributed by atoms with Gasteiger partial charge < -0.3 is 9.84 Å². The van der Waals surface area contributed by atoms with Crippen molar-refractivity contribution in [2.45, 2.75) is 6.42 Å². The van der Waals surface area contributed by atoms with E-state index in [1.54, 1.807) is 12.2 Å². The number of aromatic nitrogens is 1. The molecule has 0 atom stereocenters. The molecule has 0 aliphatic rings. The molecule has 0 saturated heterocycles. The number of pyridine rings is 1. The third kappa shape index (κ3) is 3.88. The molecule has 5 nitrogen and oxygen atoms in total. The first-order valence-corrected chi connectivity index (χ1v) is 5.04. The van der Waals surface area contributed by atoms with E-state index in [0.717, 1.165) is 0 Å². The zero-order valence-electron chi connectivity index (χ0n) is 9.01. The van der Waals surface area contributed by atoms with Gasteiger partial charge in [0.05, 0.1) is 18.6 Å². The summed E-state index contributed by atoms with van der Waals surface area (Å²) in [5.41, 5.74) is 0.417. The quantitative estimate of drug-likeness (QED) is 0.833. The molecular weight excluding hydrogens is 246 g/mol. The van der Waals surface area contributed by atoms with Crippen LogP contribution in [0.5, 0.6) is 0 Å². The number of esters is 1. The zero-order valence-corrected chi connectivity index (χ0v) is 9.77. The minimum Gasteiger partial charge on any atom is -0.476 e. The highest BCUT2D eigenvalue weighted by Crippen LogP contribution is 2.16. The van der Waals surface area contributed by atoms with Gasteiger partial charge in [0.25, 0.3) is 0 Å². The Bertz CT molecular complexity index is 471. The van der Waals surface area contributed by atoms with E-state index in [0.29, 0.717) is 5.56 Å². The van der Waals surface area contributed by atoms with Crippen LogP contribution >= 0.6 is 11.6 Å². The van der Waals surface area contributed by atoms with Gasteiger partial charge in [-0.2, -0.15) is 0 Å². The lowest BCUT2D eigenvalue weighted by Gasteiger charge is -1.99. The van der Waals surface area contributed by atoms with Gasteiger partial charge in [-0.3, -0.25) is 4.79 Å². The smallest absolute Gasteiger partial charge is 0.356 e. The van der Waals surface area contributed by atoms with Crippen molar-refractivity contribution in [3.63, 3.8) is 0 Å². The third-order valence-electron chi connectivity index (χ3n) is 1.89. The molecule has 1 aromatic rings. The summed E-state index contributed by atoms with van der Waals surface area (Å²) >= 11 is 5.72. The predicted molar refractivity (Wildman–Crippen MR) is 61.9 cm³/mol. The molecule has 0 saturated carbocycles. The van der Waals surface area contributed by atoms with E-state index in [2.05, 4.69) is 9.72 Å². The minimum atomic E-state index is -1.18. The van der Waals surface area contributed by atoms with Gasteiger partial charge in [0.1, 0.15) is 0 Å². The molecule has 6 heteroatoms. The van der Waals surface area contributed by atoms with E-state index in [4.69, 9.17) is 16.7 Å². The summed E-state index contributed by atoms with van der Waals surface area (Å²) < 4.78 is 4.45. The summed E-state index contributed by atoms with van der Waals surface area (Å²) in [5, 5.41) is 8.76. The van der Waals surface area contributed by atoms with Crippen molar-refractivity contribution in [1.82, 2.24) is 4.98 Å². The van der Waals surface area contributed by atoms with Crippen LogP contribution in [0, 0.1) is 0 Å². The molecule has 1 heterocycles. The van der Waals surface area contributed by atoms with Crippen LogP contribution in [0.3, 0.4) is 0 Å². The number of ether oxygens (including phenoxy) is 1. The normalized spacial score (nSPS) is 10.5. The van der Waals surface area contributed by atoms with Gasteiger partial charge in [0, 0.05) is 6.20 Å². The number of carbonyl (C=O) groups excluding carboxylic acids is 1. The first-order chi connectivity index (χ1) is 8.04. The number of aromatic carboxylic acids is 1. The van der Waals surface area contributed by atoms with Gasteiger partial charge in [-0.1, -0.05) is 23.8 Å². The predicted octanol–water partition coefficient (Wildman–Crippen LogP) is 2.01. The zero-order chi connectivity index (χ0) is 12.8. The molecule has 0 fully saturated rings.